The van der Waals surface area contributed by atoms with E-state index in [1.54, 1.807) is 0 Å². The van der Waals surface area contributed by atoms with Crippen LogP contribution in [0, 0.1) is 6.92 Å². The van der Waals surface area contributed by atoms with Crippen LogP contribution in [-0.4, -0.2) is 33.0 Å². The molecular formula is C15H18N4O. The molecule has 2 aromatic heterocycles. The van der Waals surface area contributed by atoms with Gasteiger partial charge in [-0.3, -0.25) is 4.98 Å². The van der Waals surface area contributed by atoms with Crippen molar-refractivity contribution in [3.63, 3.8) is 0 Å². The Labute approximate surface area is 118 Å². The number of nitrogens with zero attached hydrogens (tertiary/aromatic N) is 4. The average molecular weight is 270 g/mol. The van der Waals surface area contributed by atoms with Gasteiger partial charge in [0.25, 0.3) is 0 Å². The maximum Gasteiger partial charge on any atom is 0.154 e. The Hall–Kier alpha value is -1.75. The molecule has 5 heteroatoms. The first-order valence-electron chi connectivity index (χ1n) is 7.29. The van der Waals surface area contributed by atoms with Crippen molar-refractivity contribution in [1.82, 2.24) is 19.7 Å². The highest BCUT2D eigenvalue weighted by Gasteiger charge is 2.32. The lowest BCUT2D eigenvalue weighted by Gasteiger charge is -2.10. The SMILES string of the molecule is Cc1cc(-n2nc(C3CC3)nc2C2CCOC2)ccn1. The molecule has 5 nitrogen and oxygen atoms in total. The van der Waals surface area contributed by atoms with Gasteiger partial charge in [-0.05, 0) is 38.3 Å². The number of aryl methyl sites for hydroxylation is 1. The molecule has 2 aromatic rings. The monoisotopic (exact) mass is 270 g/mol. The van der Waals surface area contributed by atoms with Crippen LogP contribution in [0.25, 0.3) is 5.69 Å². The van der Waals surface area contributed by atoms with Crippen molar-refractivity contribution >= 4 is 0 Å². The first kappa shape index (κ1) is 12.0. The van der Waals surface area contributed by atoms with Crippen LogP contribution in [-0.2, 0) is 4.74 Å². The fraction of sp³-hybridized carbons (Fsp3) is 0.533. The highest BCUT2D eigenvalue weighted by Crippen LogP contribution is 2.39. The van der Waals surface area contributed by atoms with E-state index in [0.717, 1.165) is 42.7 Å². The molecule has 2 aliphatic rings. The molecule has 1 saturated carbocycles. The standard InChI is InChI=1S/C15H18N4O/c1-10-8-13(4-6-16-10)19-15(12-5-7-20-9-12)17-14(18-19)11-2-3-11/h4,6,8,11-12H,2-3,5,7,9H2,1H3. The Morgan fingerprint density at radius 2 is 2.15 bits per heavy atom. The summed E-state index contributed by atoms with van der Waals surface area (Å²) in [6.07, 6.45) is 5.31. The van der Waals surface area contributed by atoms with Crippen LogP contribution >= 0.6 is 0 Å². The lowest BCUT2D eigenvalue weighted by atomic mass is 10.1. The van der Waals surface area contributed by atoms with E-state index in [4.69, 9.17) is 14.8 Å². The van der Waals surface area contributed by atoms with Crippen LogP contribution in [0.2, 0.25) is 0 Å². The van der Waals surface area contributed by atoms with Gasteiger partial charge in [0.05, 0.1) is 12.3 Å². The third-order valence-electron chi connectivity index (χ3n) is 4.01. The van der Waals surface area contributed by atoms with Crippen molar-refractivity contribution < 1.29 is 4.74 Å². The smallest absolute Gasteiger partial charge is 0.154 e. The molecule has 20 heavy (non-hydrogen) atoms. The number of hydrogen-bond donors (Lipinski definition) is 0. The Balaban J connectivity index is 1.79. The summed E-state index contributed by atoms with van der Waals surface area (Å²) in [4.78, 5) is 9.07. The Morgan fingerprint density at radius 1 is 1.25 bits per heavy atom. The fourth-order valence-electron chi connectivity index (χ4n) is 2.71. The summed E-state index contributed by atoms with van der Waals surface area (Å²) in [5, 5.41) is 4.75. The van der Waals surface area contributed by atoms with Crippen LogP contribution in [0.4, 0.5) is 0 Å². The minimum absolute atomic E-state index is 0.364. The molecule has 0 aromatic carbocycles. The zero-order chi connectivity index (χ0) is 13.5. The Bertz CT molecular complexity index is 627. The predicted octanol–water partition coefficient (Wildman–Crippen LogP) is 2.35. The lowest BCUT2D eigenvalue weighted by molar-refractivity contribution is 0.193. The molecule has 0 amide bonds. The van der Waals surface area contributed by atoms with Gasteiger partial charge in [-0.25, -0.2) is 9.67 Å². The fourth-order valence-corrected chi connectivity index (χ4v) is 2.71. The van der Waals surface area contributed by atoms with Crippen molar-refractivity contribution in [1.29, 1.82) is 0 Å². The summed E-state index contributed by atoms with van der Waals surface area (Å²) >= 11 is 0. The molecule has 0 bridgehead atoms. The summed E-state index contributed by atoms with van der Waals surface area (Å²) in [6.45, 7) is 3.58. The van der Waals surface area contributed by atoms with E-state index in [1.807, 2.05) is 23.9 Å². The minimum Gasteiger partial charge on any atom is -0.381 e. The molecule has 1 atom stereocenters. The topological polar surface area (TPSA) is 52.8 Å². The van der Waals surface area contributed by atoms with Crippen LogP contribution < -0.4 is 0 Å². The number of ether oxygens (including phenoxy) is 1. The minimum atomic E-state index is 0.364. The van der Waals surface area contributed by atoms with E-state index in [0.29, 0.717) is 11.8 Å². The van der Waals surface area contributed by atoms with Crippen molar-refractivity contribution in [2.24, 2.45) is 0 Å². The van der Waals surface area contributed by atoms with Crippen molar-refractivity contribution in [3.8, 4) is 5.69 Å². The van der Waals surface area contributed by atoms with Gasteiger partial charge in [-0.1, -0.05) is 0 Å². The molecular weight excluding hydrogens is 252 g/mol. The number of hydrogen-bond acceptors (Lipinski definition) is 4. The van der Waals surface area contributed by atoms with Crippen molar-refractivity contribution in [3.05, 3.63) is 35.7 Å². The van der Waals surface area contributed by atoms with Gasteiger partial charge >= 0.3 is 0 Å². The highest BCUT2D eigenvalue weighted by molar-refractivity contribution is 5.33. The summed E-state index contributed by atoms with van der Waals surface area (Å²) in [5.74, 6) is 2.99. The van der Waals surface area contributed by atoms with Crippen LogP contribution in [0.5, 0.6) is 0 Å². The Morgan fingerprint density at radius 3 is 2.85 bits per heavy atom. The van der Waals surface area contributed by atoms with E-state index in [2.05, 4.69) is 11.1 Å². The quantitative estimate of drug-likeness (QED) is 0.859. The molecule has 0 radical (unpaired) electrons. The van der Waals surface area contributed by atoms with Crippen molar-refractivity contribution in [2.45, 2.75) is 38.0 Å². The first-order chi connectivity index (χ1) is 9.81. The largest absolute Gasteiger partial charge is 0.381 e. The summed E-state index contributed by atoms with van der Waals surface area (Å²) in [6, 6.07) is 4.06. The molecule has 4 rings (SSSR count). The number of pyridine rings is 1. The van der Waals surface area contributed by atoms with Crippen molar-refractivity contribution in [2.75, 3.05) is 13.2 Å². The zero-order valence-electron chi connectivity index (χ0n) is 11.6. The molecule has 1 saturated heterocycles. The first-order valence-corrected chi connectivity index (χ1v) is 7.29. The van der Waals surface area contributed by atoms with E-state index in [-0.39, 0.29) is 0 Å². The van der Waals surface area contributed by atoms with E-state index < -0.39 is 0 Å². The van der Waals surface area contributed by atoms with Crippen LogP contribution in [0.3, 0.4) is 0 Å². The van der Waals surface area contributed by atoms with Gasteiger partial charge in [0.15, 0.2) is 5.82 Å². The molecule has 104 valence electrons. The summed E-state index contributed by atoms with van der Waals surface area (Å²) in [5.41, 5.74) is 2.05. The third-order valence-corrected chi connectivity index (χ3v) is 4.01. The van der Waals surface area contributed by atoms with Crippen LogP contribution in [0.15, 0.2) is 18.3 Å². The number of rotatable bonds is 3. The van der Waals surface area contributed by atoms with E-state index >= 15 is 0 Å². The second kappa shape index (κ2) is 4.66. The summed E-state index contributed by atoms with van der Waals surface area (Å²) in [7, 11) is 0. The van der Waals surface area contributed by atoms with Gasteiger partial charge < -0.3 is 4.74 Å². The molecule has 1 unspecified atom stereocenters. The third kappa shape index (κ3) is 2.12. The second-order valence-electron chi connectivity index (χ2n) is 5.73. The molecule has 1 aliphatic carbocycles. The van der Waals surface area contributed by atoms with Gasteiger partial charge in [0, 0.05) is 30.3 Å². The average Bonchev–Trinajstić information content (AvgIpc) is 3.01. The zero-order valence-corrected chi connectivity index (χ0v) is 11.6. The lowest BCUT2D eigenvalue weighted by Crippen LogP contribution is -2.09. The predicted molar refractivity (Wildman–Crippen MR) is 74.0 cm³/mol. The summed E-state index contributed by atoms with van der Waals surface area (Å²) < 4.78 is 7.52. The van der Waals surface area contributed by atoms with Gasteiger partial charge in [0.2, 0.25) is 0 Å². The molecule has 1 aliphatic heterocycles. The van der Waals surface area contributed by atoms with E-state index in [9.17, 15) is 0 Å². The maximum atomic E-state index is 5.52. The molecule has 2 fully saturated rings. The van der Waals surface area contributed by atoms with Crippen LogP contribution in [0.1, 0.15) is 48.4 Å². The molecule has 0 N–H and O–H groups in total. The van der Waals surface area contributed by atoms with E-state index in [1.165, 1.54) is 12.8 Å². The van der Waals surface area contributed by atoms with Gasteiger partial charge in [0.1, 0.15) is 5.82 Å². The van der Waals surface area contributed by atoms with Gasteiger partial charge in [-0.2, -0.15) is 5.10 Å². The Kier molecular flexibility index (Phi) is 2.80. The maximum absolute atomic E-state index is 5.52. The molecule has 3 heterocycles. The second-order valence-corrected chi connectivity index (χ2v) is 5.73. The number of aromatic nitrogens is 4. The highest BCUT2D eigenvalue weighted by atomic mass is 16.5. The van der Waals surface area contributed by atoms with Gasteiger partial charge in [-0.15, -0.1) is 0 Å². The molecule has 0 spiro atoms. The normalized spacial score (nSPS) is 22.4.